The molecule has 0 heterocycles. The summed E-state index contributed by atoms with van der Waals surface area (Å²) in [5.41, 5.74) is 1.51. The highest BCUT2D eigenvalue weighted by Crippen LogP contribution is 2.65. The number of fused-ring (bicyclic) bond motifs is 5. The van der Waals surface area contributed by atoms with Crippen molar-refractivity contribution in [1.29, 1.82) is 0 Å². The Kier molecular flexibility index (Phi) is 4.39. The van der Waals surface area contributed by atoms with E-state index in [4.69, 9.17) is 0 Å². The van der Waals surface area contributed by atoms with Gasteiger partial charge in [-0.3, -0.25) is 9.59 Å². The molecule has 3 heteroatoms. The quantitative estimate of drug-likeness (QED) is 0.598. The molecule has 0 bridgehead atoms. The van der Waals surface area contributed by atoms with Gasteiger partial charge in [-0.15, -0.1) is 0 Å². The van der Waals surface area contributed by atoms with E-state index in [1.807, 2.05) is 6.07 Å². The smallest absolute Gasteiger partial charge is 0.169 e. The number of carbonyl (C=O) groups is 2. The van der Waals surface area contributed by atoms with E-state index in [1.165, 1.54) is 10.5 Å². The highest BCUT2D eigenvalue weighted by molar-refractivity contribution is 8.04. The summed E-state index contributed by atoms with van der Waals surface area (Å²) in [6.45, 7) is 4.69. The fourth-order valence-corrected chi connectivity index (χ4v) is 8.36. The van der Waals surface area contributed by atoms with Gasteiger partial charge in [-0.1, -0.05) is 43.8 Å². The minimum absolute atomic E-state index is 0.0646. The zero-order valence-corrected chi connectivity index (χ0v) is 17.8. The first-order chi connectivity index (χ1) is 13.4. The van der Waals surface area contributed by atoms with Gasteiger partial charge in [0.25, 0.3) is 0 Å². The van der Waals surface area contributed by atoms with Crippen molar-refractivity contribution in [1.82, 2.24) is 0 Å². The van der Waals surface area contributed by atoms with Crippen molar-refractivity contribution in [3.8, 4) is 0 Å². The summed E-state index contributed by atoms with van der Waals surface area (Å²) in [4.78, 5) is 27.7. The zero-order valence-electron chi connectivity index (χ0n) is 17.0. The monoisotopic (exact) mass is 394 g/mol. The minimum Gasteiger partial charge on any atom is -0.299 e. The Hall–Kier alpha value is -1.35. The Labute approximate surface area is 172 Å². The van der Waals surface area contributed by atoms with Crippen LogP contribution in [0.5, 0.6) is 0 Å². The van der Waals surface area contributed by atoms with Gasteiger partial charge in [-0.2, -0.15) is 0 Å². The molecule has 1 aromatic carbocycles. The summed E-state index contributed by atoms with van der Waals surface area (Å²) in [6.07, 6.45) is 7.97. The van der Waals surface area contributed by atoms with Crippen LogP contribution in [0.1, 0.15) is 65.2 Å². The molecule has 0 N–H and O–H groups in total. The Bertz CT molecular complexity index is 857. The normalized spacial score (nSPS) is 40.1. The lowest BCUT2D eigenvalue weighted by atomic mass is 9.47. The first-order valence-electron chi connectivity index (χ1n) is 11.0. The first kappa shape index (κ1) is 18.7. The molecule has 5 rings (SSSR count). The Morgan fingerprint density at radius 3 is 2.39 bits per heavy atom. The third kappa shape index (κ3) is 2.61. The van der Waals surface area contributed by atoms with Crippen LogP contribution in [0.4, 0.5) is 0 Å². The number of Topliss-reactive ketones (excluding diaryl/α,β-unsaturated/α-hetero) is 2. The third-order valence-electron chi connectivity index (χ3n) is 8.74. The molecule has 4 aliphatic rings. The highest BCUT2D eigenvalue weighted by Gasteiger charge is 2.59. The third-order valence-corrected chi connectivity index (χ3v) is 9.93. The van der Waals surface area contributed by atoms with Crippen LogP contribution in [0.2, 0.25) is 0 Å². The summed E-state index contributed by atoms with van der Waals surface area (Å²) < 4.78 is 0. The molecule has 0 aromatic heterocycles. The van der Waals surface area contributed by atoms with Crippen molar-refractivity contribution in [3.63, 3.8) is 0 Å². The average Bonchev–Trinajstić information content (AvgIpc) is 3.00. The fraction of sp³-hybridized carbons (Fsp3) is 0.600. The molecule has 0 saturated heterocycles. The van der Waals surface area contributed by atoms with Crippen molar-refractivity contribution >= 4 is 23.3 Å². The average molecular weight is 395 g/mol. The molecule has 0 radical (unpaired) electrons. The zero-order chi connectivity index (χ0) is 19.5. The predicted octanol–water partition coefficient (Wildman–Crippen LogP) is 6.21. The molecular weight excluding hydrogens is 364 g/mol. The number of hydrogen-bond donors (Lipinski definition) is 0. The summed E-state index contributed by atoms with van der Waals surface area (Å²) in [6, 6.07) is 10.4. The topological polar surface area (TPSA) is 34.1 Å². The van der Waals surface area contributed by atoms with E-state index in [0.29, 0.717) is 35.7 Å². The van der Waals surface area contributed by atoms with Gasteiger partial charge in [0.15, 0.2) is 5.78 Å². The van der Waals surface area contributed by atoms with Crippen LogP contribution in [0, 0.1) is 28.6 Å². The number of benzene rings is 1. The molecule has 0 unspecified atom stereocenters. The van der Waals surface area contributed by atoms with Gasteiger partial charge in [0, 0.05) is 23.2 Å². The van der Waals surface area contributed by atoms with Gasteiger partial charge < -0.3 is 0 Å². The van der Waals surface area contributed by atoms with E-state index in [1.54, 1.807) is 11.8 Å². The van der Waals surface area contributed by atoms with E-state index < -0.39 is 0 Å². The highest BCUT2D eigenvalue weighted by atomic mass is 32.2. The van der Waals surface area contributed by atoms with Gasteiger partial charge in [0.1, 0.15) is 5.78 Å². The lowest BCUT2D eigenvalue weighted by Gasteiger charge is -2.57. The molecular formula is C25H30O2S. The number of thioether (sulfide) groups is 1. The second kappa shape index (κ2) is 6.58. The maximum atomic E-state index is 12.9. The molecule has 3 fully saturated rings. The van der Waals surface area contributed by atoms with Crippen LogP contribution in [-0.2, 0) is 9.59 Å². The fourth-order valence-electron chi connectivity index (χ4n) is 7.16. The Morgan fingerprint density at radius 1 is 0.857 bits per heavy atom. The van der Waals surface area contributed by atoms with E-state index in [-0.39, 0.29) is 10.8 Å². The van der Waals surface area contributed by atoms with Crippen LogP contribution in [0.3, 0.4) is 0 Å². The number of rotatable bonds is 2. The molecule has 0 amide bonds. The molecule has 3 saturated carbocycles. The van der Waals surface area contributed by atoms with Gasteiger partial charge in [0.05, 0.1) is 4.91 Å². The molecule has 2 nitrogen and oxygen atoms in total. The standard InChI is InChI=1S/C25H30O2S/c1-24-15-13-21(26)23(28-16-6-4-3-5-7-16)20(24)9-8-17-18-10-11-22(27)25(18,2)14-12-19(17)24/h3-7,17-19H,8-15H2,1-2H3/t17-,18-,19-,24+,25-/m0/s1. The van der Waals surface area contributed by atoms with Crippen molar-refractivity contribution in [2.45, 2.75) is 70.1 Å². The molecule has 148 valence electrons. The molecule has 0 aliphatic heterocycles. The van der Waals surface area contributed by atoms with Crippen molar-refractivity contribution in [2.24, 2.45) is 28.6 Å². The maximum Gasteiger partial charge on any atom is 0.169 e. The van der Waals surface area contributed by atoms with Gasteiger partial charge in [0.2, 0.25) is 0 Å². The van der Waals surface area contributed by atoms with E-state index >= 15 is 0 Å². The summed E-state index contributed by atoms with van der Waals surface area (Å²) in [7, 11) is 0. The Morgan fingerprint density at radius 2 is 1.61 bits per heavy atom. The minimum atomic E-state index is -0.0646. The largest absolute Gasteiger partial charge is 0.299 e. The van der Waals surface area contributed by atoms with Crippen molar-refractivity contribution in [2.75, 3.05) is 0 Å². The van der Waals surface area contributed by atoms with E-state index in [0.717, 1.165) is 49.9 Å². The summed E-state index contributed by atoms with van der Waals surface area (Å²) >= 11 is 1.69. The van der Waals surface area contributed by atoms with Gasteiger partial charge in [-0.25, -0.2) is 0 Å². The predicted molar refractivity (Wildman–Crippen MR) is 113 cm³/mol. The van der Waals surface area contributed by atoms with E-state index in [9.17, 15) is 9.59 Å². The van der Waals surface area contributed by atoms with Crippen LogP contribution < -0.4 is 0 Å². The lowest BCUT2D eigenvalue weighted by Crippen LogP contribution is -2.51. The summed E-state index contributed by atoms with van der Waals surface area (Å²) in [5, 5.41) is 0. The first-order valence-corrected chi connectivity index (χ1v) is 11.8. The molecule has 28 heavy (non-hydrogen) atoms. The van der Waals surface area contributed by atoms with Gasteiger partial charge >= 0.3 is 0 Å². The number of carbonyl (C=O) groups excluding carboxylic acids is 2. The van der Waals surface area contributed by atoms with Crippen LogP contribution in [0.25, 0.3) is 0 Å². The van der Waals surface area contributed by atoms with Crippen molar-refractivity contribution < 1.29 is 9.59 Å². The van der Waals surface area contributed by atoms with Gasteiger partial charge in [-0.05, 0) is 79.4 Å². The second-order valence-corrected chi connectivity index (χ2v) is 11.0. The molecule has 5 atom stereocenters. The summed E-state index contributed by atoms with van der Waals surface area (Å²) in [5.74, 6) is 2.73. The second-order valence-electron chi connectivity index (χ2n) is 9.90. The molecule has 4 aliphatic carbocycles. The van der Waals surface area contributed by atoms with Crippen LogP contribution >= 0.6 is 11.8 Å². The molecule has 1 aromatic rings. The van der Waals surface area contributed by atoms with E-state index in [2.05, 4.69) is 38.1 Å². The van der Waals surface area contributed by atoms with Crippen LogP contribution in [-0.4, -0.2) is 11.6 Å². The Balaban J connectivity index is 1.51. The van der Waals surface area contributed by atoms with Crippen molar-refractivity contribution in [3.05, 3.63) is 40.8 Å². The molecule has 0 spiro atoms. The maximum absolute atomic E-state index is 12.9. The number of hydrogen-bond acceptors (Lipinski definition) is 3. The SMILES string of the molecule is C[C@]12CCC(=O)C(Sc3ccccc3)=C1CC[C@@H]1[C@@H]2CC[C@]2(C)C(=O)CC[C@@H]12. The number of ketones is 2. The lowest BCUT2D eigenvalue weighted by molar-refractivity contribution is -0.132. The number of allylic oxidation sites excluding steroid dienone is 1. The van der Waals surface area contributed by atoms with Crippen LogP contribution in [0.15, 0.2) is 45.7 Å².